The van der Waals surface area contributed by atoms with Crippen LogP contribution < -0.4 is 0 Å². The number of rotatable bonds is 4. The van der Waals surface area contributed by atoms with E-state index in [0.717, 1.165) is 18.9 Å². The van der Waals surface area contributed by atoms with Gasteiger partial charge >= 0.3 is 5.97 Å². The number of unbranched alkanes of at least 4 members (excludes halogenated alkanes) is 1. The van der Waals surface area contributed by atoms with E-state index >= 15 is 0 Å². The van der Waals surface area contributed by atoms with Gasteiger partial charge in [0, 0.05) is 6.07 Å². The van der Waals surface area contributed by atoms with Crippen LogP contribution in [0.25, 0.3) is 0 Å². The Balaban J connectivity index is 3.03. The van der Waals surface area contributed by atoms with E-state index < -0.39 is 23.2 Å². The SMILES string of the molecule is CCCCc1cc(C(=O)OC(C)(C)C)c(F)cc1F. The maximum Gasteiger partial charge on any atom is 0.341 e. The maximum atomic E-state index is 13.6. The lowest BCUT2D eigenvalue weighted by Gasteiger charge is -2.20. The standard InChI is InChI=1S/C15H20F2O2/c1-5-6-7-10-8-11(13(17)9-12(10)16)14(18)19-15(2,3)4/h8-9H,5-7H2,1-4H3. The van der Waals surface area contributed by atoms with Crippen molar-refractivity contribution in [3.05, 3.63) is 34.9 Å². The first-order valence-corrected chi connectivity index (χ1v) is 6.46. The number of carbonyl (C=O) groups excluding carboxylic acids is 1. The van der Waals surface area contributed by atoms with E-state index in [1.165, 1.54) is 6.07 Å². The quantitative estimate of drug-likeness (QED) is 0.764. The third-order valence-electron chi connectivity index (χ3n) is 2.55. The molecule has 4 heteroatoms. The van der Waals surface area contributed by atoms with E-state index in [9.17, 15) is 13.6 Å². The minimum atomic E-state index is -0.882. The van der Waals surface area contributed by atoms with Crippen molar-refractivity contribution in [2.45, 2.75) is 52.6 Å². The summed E-state index contributed by atoms with van der Waals surface area (Å²) in [6.07, 6.45) is 2.17. The Hall–Kier alpha value is -1.45. The van der Waals surface area contributed by atoms with E-state index in [0.29, 0.717) is 12.0 Å². The van der Waals surface area contributed by atoms with Gasteiger partial charge in [0.25, 0.3) is 0 Å². The molecule has 1 aromatic rings. The molecule has 0 aliphatic rings. The van der Waals surface area contributed by atoms with Gasteiger partial charge in [-0.25, -0.2) is 13.6 Å². The van der Waals surface area contributed by atoms with Gasteiger partial charge in [-0.15, -0.1) is 0 Å². The average molecular weight is 270 g/mol. The van der Waals surface area contributed by atoms with Gasteiger partial charge in [-0.3, -0.25) is 0 Å². The maximum absolute atomic E-state index is 13.6. The van der Waals surface area contributed by atoms with E-state index in [2.05, 4.69) is 0 Å². The second-order valence-electron chi connectivity index (χ2n) is 5.53. The summed E-state index contributed by atoms with van der Waals surface area (Å²) in [6, 6.07) is 2.01. The van der Waals surface area contributed by atoms with Gasteiger partial charge in [0.2, 0.25) is 0 Å². The molecule has 0 heterocycles. The first-order chi connectivity index (χ1) is 8.74. The minimum Gasteiger partial charge on any atom is -0.456 e. The lowest BCUT2D eigenvalue weighted by Crippen LogP contribution is -2.24. The molecule has 0 saturated heterocycles. The zero-order valence-corrected chi connectivity index (χ0v) is 11.8. The van der Waals surface area contributed by atoms with Crippen molar-refractivity contribution in [3.8, 4) is 0 Å². The monoisotopic (exact) mass is 270 g/mol. The Bertz CT molecular complexity index is 462. The van der Waals surface area contributed by atoms with Crippen molar-refractivity contribution in [3.63, 3.8) is 0 Å². The fourth-order valence-electron chi connectivity index (χ4n) is 1.64. The number of aryl methyl sites for hydroxylation is 1. The van der Waals surface area contributed by atoms with Crippen molar-refractivity contribution in [2.75, 3.05) is 0 Å². The van der Waals surface area contributed by atoms with Gasteiger partial charge in [-0.05, 0) is 45.2 Å². The molecule has 0 radical (unpaired) electrons. The average Bonchev–Trinajstić information content (AvgIpc) is 2.25. The highest BCUT2D eigenvalue weighted by atomic mass is 19.1. The van der Waals surface area contributed by atoms with Crippen molar-refractivity contribution < 1.29 is 18.3 Å². The molecule has 0 amide bonds. The van der Waals surface area contributed by atoms with Gasteiger partial charge in [0.1, 0.15) is 17.2 Å². The number of carbonyl (C=O) groups is 1. The first-order valence-electron chi connectivity index (χ1n) is 6.46. The van der Waals surface area contributed by atoms with E-state index in [1.54, 1.807) is 20.8 Å². The zero-order valence-electron chi connectivity index (χ0n) is 11.8. The Morgan fingerprint density at radius 1 is 1.21 bits per heavy atom. The molecule has 0 aliphatic carbocycles. The van der Waals surface area contributed by atoms with E-state index in [4.69, 9.17) is 4.74 Å². The van der Waals surface area contributed by atoms with Crippen LogP contribution >= 0.6 is 0 Å². The van der Waals surface area contributed by atoms with Gasteiger partial charge in [0.05, 0.1) is 5.56 Å². The zero-order chi connectivity index (χ0) is 14.6. The van der Waals surface area contributed by atoms with Gasteiger partial charge < -0.3 is 4.74 Å². The molecule has 0 saturated carbocycles. The Morgan fingerprint density at radius 2 is 1.84 bits per heavy atom. The van der Waals surface area contributed by atoms with Crippen LogP contribution in [0.5, 0.6) is 0 Å². The van der Waals surface area contributed by atoms with Gasteiger partial charge in [0.15, 0.2) is 0 Å². The molecule has 1 aromatic carbocycles. The predicted octanol–water partition coefficient (Wildman–Crippen LogP) is 4.26. The largest absolute Gasteiger partial charge is 0.456 e. The molecule has 0 N–H and O–H groups in total. The van der Waals surface area contributed by atoms with Crippen LogP contribution in [0.1, 0.15) is 56.5 Å². The lowest BCUT2D eigenvalue weighted by atomic mass is 10.0. The Morgan fingerprint density at radius 3 is 2.37 bits per heavy atom. The first kappa shape index (κ1) is 15.6. The summed E-state index contributed by atoms with van der Waals surface area (Å²) in [6.45, 7) is 7.08. The molecule has 0 aliphatic heterocycles. The van der Waals surface area contributed by atoms with Crippen LogP contribution in [0.4, 0.5) is 8.78 Å². The van der Waals surface area contributed by atoms with Crippen LogP contribution in [-0.4, -0.2) is 11.6 Å². The third-order valence-corrected chi connectivity index (χ3v) is 2.55. The van der Waals surface area contributed by atoms with Crippen LogP contribution in [0.15, 0.2) is 12.1 Å². The van der Waals surface area contributed by atoms with Crippen LogP contribution in [0, 0.1) is 11.6 Å². The molecule has 0 unspecified atom stereocenters. The smallest absolute Gasteiger partial charge is 0.341 e. The Kier molecular flexibility index (Phi) is 5.04. The summed E-state index contributed by atoms with van der Waals surface area (Å²) in [5, 5.41) is 0. The van der Waals surface area contributed by atoms with Crippen LogP contribution in [-0.2, 0) is 11.2 Å². The molecule has 106 valence electrons. The molecule has 0 fully saturated rings. The number of halogens is 2. The summed E-state index contributed by atoms with van der Waals surface area (Å²) < 4.78 is 32.3. The van der Waals surface area contributed by atoms with E-state index in [-0.39, 0.29) is 5.56 Å². The van der Waals surface area contributed by atoms with Crippen LogP contribution in [0.2, 0.25) is 0 Å². The number of ether oxygens (including phenoxy) is 1. The normalized spacial score (nSPS) is 11.5. The predicted molar refractivity (Wildman–Crippen MR) is 70.1 cm³/mol. The van der Waals surface area contributed by atoms with Crippen molar-refractivity contribution >= 4 is 5.97 Å². The fraction of sp³-hybridized carbons (Fsp3) is 0.533. The fourth-order valence-corrected chi connectivity index (χ4v) is 1.64. The summed E-state index contributed by atoms with van der Waals surface area (Å²) in [4.78, 5) is 11.8. The summed E-state index contributed by atoms with van der Waals surface area (Å²) >= 11 is 0. The molecule has 0 spiro atoms. The molecule has 2 nitrogen and oxygen atoms in total. The Labute approximate surface area is 112 Å². The summed E-state index contributed by atoms with van der Waals surface area (Å²) in [5.74, 6) is -2.26. The summed E-state index contributed by atoms with van der Waals surface area (Å²) in [5.41, 5.74) is -0.562. The molecular weight excluding hydrogens is 250 g/mol. The molecule has 0 aromatic heterocycles. The van der Waals surface area contributed by atoms with Gasteiger partial charge in [-0.1, -0.05) is 13.3 Å². The second-order valence-corrected chi connectivity index (χ2v) is 5.53. The van der Waals surface area contributed by atoms with Crippen molar-refractivity contribution in [1.29, 1.82) is 0 Å². The molecule has 0 bridgehead atoms. The summed E-state index contributed by atoms with van der Waals surface area (Å²) in [7, 11) is 0. The van der Waals surface area contributed by atoms with Gasteiger partial charge in [-0.2, -0.15) is 0 Å². The molecule has 19 heavy (non-hydrogen) atoms. The van der Waals surface area contributed by atoms with E-state index in [1.807, 2.05) is 6.92 Å². The highest BCUT2D eigenvalue weighted by Crippen LogP contribution is 2.20. The number of hydrogen-bond acceptors (Lipinski definition) is 2. The highest BCUT2D eigenvalue weighted by molar-refractivity contribution is 5.90. The highest BCUT2D eigenvalue weighted by Gasteiger charge is 2.22. The topological polar surface area (TPSA) is 26.3 Å². The molecule has 1 rings (SSSR count). The number of hydrogen-bond donors (Lipinski definition) is 0. The molecular formula is C15H20F2O2. The lowest BCUT2D eigenvalue weighted by molar-refractivity contribution is 0.00645. The second kappa shape index (κ2) is 6.13. The number of benzene rings is 1. The minimum absolute atomic E-state index is 0.206. The van der Waals surface area contributed by atoms with Crippen molar-refractivity contribution in [2.24, 2.45) is 0 Å². The van der Waals surface area contributed by atoms with Crippen LogP contribution in [0.3, 0.4) is 0 Å². The molecule has 0 atom stereocenters. The third kappa shape index (κ3) is 4.62. The number of esters is 1. The van der Waals surface area contributed by atoms with Crippen molar-refractivity contribution in [1.82, 2.24) is 0 Å².